The van der Waals surface area contributed by atoms with Crippen LogP contribution < -0.4 is 0 Å². The molecule has 1 atom stereocenters. The average molecular weight is 254 g/mol. The molecule has 0 N–H and O–H groups in total. The normalized spacial score (nSPS) is 19.6. The maximum atomic E-state index is 11.9. The molecular formula is C16H18N2O. The zero-order chi connectivity index (χ0) is 13.1. The molecule has 0 bridgehead atoms. The molecule has 98 valence electrons. The van der Waals surface area contributed by atoms with E-state index in [0.717, 1.165) is 37.8 Å². The summed E-state index contributed by atoms with van der Waals surface area (Å²) in [6.45, 7) is 0. The summed E-state index contributed by atoms with van der Waals surface area (Å²) < 4.78 is 2.00. The monoisotopic (exact) mass is 254 g/mol. The second kappa shape index (κ2) is 5.39. The zero-order valence-electron chi connectivity index (χ0n) is 11.0. The lowest BCUT2D eigenvalue weighted by molar-refractivity contribution is -0.123. The van der Waals surface area contributed by atoms with Crippen LogP contribution in [0.3, 0.4) is 0 Å². The van der Waals surface area contributed by atoms with Gasteiger partial charge in [-0.05, 0) is 18.4 Å². The predicted molar refractivity (Wildman–Crippen MR) is 74.0 cm³/mol. The van der Waals surface area contributed by atoms with Gasteiger partial charge in [-0.1, -0.05) is 36.8 Å². The van der Waals surface area contributed by atoms with Gasteiger partial charge in [0.1, 0.15) is 0 Å². The summed E-state index contributed by atoms with van der Waals surface area (Å²) in [4.78, 5) is 16.3. The van der Waals surface area contributed by atoms with Crippen molar-refractivity contribution in [3.8, 4) is 0 Å². The Morgan fingerprint density at radius 3 is 2.84 bits per heavy atom. The first-order valence-corrected chi connectivity index (χ1v) is 6.92. The third-order valence-electron chi connectivity index (χ3n) is 3.77. The molecule has 1 aromatic carbocycles. The first kappa shape index (κ1) is 12.2. The lowest BCUT2D eigenvalue weighted by Crippen LogP contribution is -2.21. The summed E-state index contributed by atoms with van der Waals surface area (Å²) in [5.41, 5.74) is 2.28. The van der Waals surface area contributed by atoms with E-state index in [1.165, 1.54) is 5.56 Å². The van der Waals surface area contributed by atoms with Gasteiger partial charge in [0.25, 0.3) is 0 Å². The molecule has 0 amide bonds. The molecule has 3 nitrogen and oxygen atoms in total. The van der Waals surface area contributed by atoms with Crippen molar-refractivity contribution < 1.29 is 4.79 Å². The Bertz CT molecular complexity index is 559. The summed E-state index contributed by atoms with van der Waals surface area (Å²) >= 11 is 0. The third-order valence-corrected chi connectivity index (χ3v) is 3.77. The number of carbonyl (C=O) groups excluding carboxylic acids is 1. The molecule has 1 saturated carbocycles. The van der Waals surface area contributed by atoms with E-state index in [4.69, 9.17) is 0 Å². The number of hydrogen-bond donors (Lipinski definition) is 0. The van der Waals surface area contributed by atoms with Crippen LogP contribution in [0.5, 0.6) is 0 Å². The lowest BCUT2D eigenvalue weighted by Gasteiger charge is -2.21. The van der Waals surface area contributed by atoms with Gasteiger partial charge >= 0.3 is 0 Å². The van der Waals surface area contributed by atoms with Crippen molar-refractivity contribution in [2.24, 2.45) is 0 Å². The number of ketones is 1. The average Bonchev–Trinajstić information content (AvgIpc) is 2.89. The fourth-order valence-electron chi connectivity index (χ4n) is 2.73. The molecule has 1 aromatic heterocycles. The first-order chi connectivity index (χ1) is 9.33. The molecule has 0 radical (unpaired) electrons. The van der Waals surface area contributed by atoms with Crippen LogP contribution in [0, 0.1) is 0 Å². The Balaban J connectivity index is 1.74. The van der Waals surface area contributed by atoms with E-state index in [0.29, 0.717) is 5.78 Å². The molecule has 3 heteroatoms. The minimum absolute atomic E-state index is 0.0192. The van der Waals surface area contributed by atoms with Gasteiger partial charge in [0.05, 0.1) is 18.1 Å². The zero-order valence-corrected chi connectivity index (χ0v) is 11.0. The van der Waals surface area contributed by atoms with Crippen molar-refractivity contribution in [1.29, 1.82) is 0 Å². The van der Waals surface area contributed by atoms with Gasteiger partial charge in [0, 0.05) is 19.0 Å². The molecule has 0 spiro atoms. The number of carbonyl (C=O) groups is 1. The van der Waals surface area contributed by atoms with Crippen molar-refractivity contribution in [2.45, 2.75) is 38.1 Å². The molecule has 0 aliphatic heterocycles. The summed E-state index contributed by atoms with van der Waals surface area (Å²) in [5.74, 6) is 0.356. The maximum absolute atomic E-state index is 11.9. The Morgan fingerprint density at radius 1 is 1.21 bits per heavy atom. The summed E-state index contributed by atoms with van der Waals surface area (Å²) in [6, 6.07) is 10.3. The Labute approximate surface area is 113 Å². The van der Waals surface area contributed by atoms with Crippen LogP contribution in [0.4, 0.5) is 0 Å². The quantitative estimate of drug-likeness (QED) is 0.843. The van der Waals surface area contributed by atoms with Gasteiger partial charge in [-0.2, -0.15) is 0 Å². The molecule has 19 heavy (non-hydrogen) atoms. The van der Waals surface area contributed by atoms with E-state index < -0.39 is 0 Å². The van der Waals surface area contributed by atoms with Gasteiger partial charge in [-0.3, -0.25) is 4.79 Å². The molecule has 1 heterocycles. The molecule has 2 aromatic rings. The minimum atomic E-state index is 0.0192. The number of benzene rings is 1. The second-order valence-electron chi connectivity index (χ2n) is 5.20. The predicted octanol–water partition coefficient (Wildman–Crippen LogP) is 3.16. The highest BCUT2D eigenvalue weighted by molar-refractivity contribution is 5.83. The third kappa shape index (κ3) is 2.75. The van der Waals surface area contributed by atoms with Crippen LogP contribution in [0.1, 0.15) is 43.0 Å². The van der Waals surface area contributed by atoms with Crippen LogP contribution in [0.25, 0.3) is 0 Å². The number of imidazole rings is 1. The lowest BCUT2D eigenvalue weighted by atomic mass is 9.94. The fourth-order valence-corrected chi connectivity index (χ4v) is 2.73. The van der Waals surface area contributed by atoms with Crippen molar-refractivity contribution in [1.82, 2.24) is 9.55 Å². The van der Waals surface area contributed by atoms with Gasteiger partial charge in [-0.25, -0.2) is 4.98 Å². The van der Waals surface area contributed by atoms with Crippen LogP contribution in [0.15, 0.2) is 42.9 Å². The smallest absolute Gasteiger partial charge is 0.155 e. The Kier molecular flexibility index (Phi) is 3.45. The summed E-state index contributed by atoms with van der Waals surface area (Å²) in [5, 5.41) is 0. The Hall–Kier alpha value is -1.90. The highest BCUT2D eigenvalue weighted by Crippen LogP contribution is 2.25. The van der Waals surface area contributed by atoms with Gasteiger partial charge < -0.3 is 4.57 Å². The fraction of sp³-hybridized carbons (Fsp3) is 0.375. The summed E-state index contributed by atoms with van der Waals surface area (Å²) in [7, 11) is 0. The number of Topliss-reactive ketones (excluding diaryl/α,β-unsaturated/α-hetero) is 1. The van der Waals surface area contributed by atoms with Crippen LogP contribution in [-0.4, -0.2) is 15.3 Å². The van der Waals surface area contributed by atoms with Gasteiger partial charge in [0.2, 0.25) is 0 Å². The maximum Gasteiger partial charge on any atom is 0.155 e. The second-order valence-corrected chi connectivity index (χ2v) is 5.20. The molecule has 0 saturated heterocycles. The minimum Gasteiger partial charge on any atom is -0.327 e. The van der Waals surface area contributed by atoms with E-state index >= 15 is 0 Å². The van der Waals surface area contributed by atoms with Crippen LogP contribution in [-0.2, 0) is 11.2 Å². The SMILES string of the molecule is O=C1CCCCC1n1cnc(Cc2ccccc2)c1. The molecule has 1 fully saturated rings. The summed E-state index contributed by atoms with van der Waals surface area (Å²) in [6.07, 6.45) is 8.53. The number of hydrogen-bond acceptors (Lipinski definition) is 2. The standard InChI is InChI=1S/C16H18N2O/c19-16-9-5-4-8-15(16)18-11-14(17-12-18)10-13-6-2-1-3-7-13/h1-3,6-7,11-12,15H,4-5,8-10H2. The van der Waals surface area contributed by atoms with Crippen molar-refractivity contribution >= 4 is 5.78 Å². The topological polar surface area (TPSA) is 34.9 Å². The van der Waals surface area contributed by atoms with E-state index in [1.54, 1.807) is 0 Å². The molecular weight excluding hydrogens is 236 g/mol. The van der Waals surface area contributed by atoms with Crippen LogP contribution >= 0.6 is 0 Å². The van der Waals surface area contributed by atoms with Crippen molar-refractivity contribution in [2.75, 3.05) is 0 Å². The van der Waals surface area contributed by atoms with Gasteiger partial charge in [-0.15, -0.1) is 0 Å². The molecule has 1 unspecified atom stereocenters. The largest absolute Gasteiger partial charge is 0.327 e. The van der Waals surface area contributed by atoms with Crippen LogP contribution in [0.2, 0.25) is 0 Å². The van der Waals surface area contributed by atoms with E-state index in [2.05, 4.69) is 17.1 Å². The highest BCUT2D eigenvalue weighted by atomic mass is 16.1. The van der Waals surface area contributed by atoms with Gasteiger partial charge in [0.15, 0.2) is 5.78 Å². The highest BCUT2D eigenvalue weighted by Gasteiger charge is 2.23. The first-order valence-electron chi connectivity index (χ1n) is 6.92. The number of aromatic nitrogens is 2. The molecule has 3 rings (SSSR count). The van der Waals surface area contributed by atoms with E-state index in [9.17, 15) is 4.79 Å². The number of rotatable bonds is 3. The van der Waals surface area contributed by atoms with Crippen molar-refractivity contribution in [3.05, 3.63) is 54.1 Å². The van der Waals surface area contributed by atoms with E-state index in [1.807, 2.05) is 35.3 Å². The number of nitrogens with zero attached hydrogens (tertiary/aromatic N) is 2. The van der Waals surface area contributed by atoms with Crippen molar-refractivity contribution in [3.63, 3.8) is 0 Å². The Morgan fingerprint density at radius 2 is 2.05 bits per heavy atom. The molecule has 1 aliphatic rings. The van der Waals surface area contributed by atoms with E-state index in [-0.39, 0.29) is 6.04 Å². The molecule has 1 aliphatic carbocycles.